The molecule has 1 N–H and O–H groups in total. The van der Waals surface area contributed by atoms with Gasteiger partial charge in [-0.05, 0) is 48.0 Å². The summed E-state index contributed by atoms with van der Waals surface area (Å²) in [4.78, 5) is 29.8. The van der Waals surface area contributed by atoms with Crippen LogP contribution >= 0.6 is 11.6 Å². The Balaban J connectivity index is 1.87. The van der Waals surface area contributed by atoms with E-state index in [4.69, 9.17) is 11.6 Å². The van der Waals surface area contributed by atoms with E-state index in [1.54, 1.807) is 36.4 Å². The van der Waals surface area contributed by atoms with Crippen LogP contribution in [0.4, 0.5) is 4.39 Å². The molecule has 2 aromatic carbocycles. The molecule has 0 unspecified atom stereocenters. The highest BCUT2D eigenvalue weighted by atomic mass is 35.5. The third-order valence-corrected chi connectivity index (χ3v) is 4.57. The molecule has 0 spiro atoms. The number of benzene rings is 2. The molecule has 7 nitrogen and oxygen atoms in total. The summed E-state index contributed by atoms with van der Waals surface area (Å²) in [5.41, 5.74) is -0.775. The molecule has 0 aliphatic rings. The Labute approximate surface area is 173 Å². The third-order valence-electron chi connectivity index (χ3n) is 4.31. The molecule has 0 fully saturated rings. The second kappa shape index (κ2) is 7.73. The fourth-order valence-corrected chi connectivity index (χ4v) is 2.96. The van der Waals surface area contributed by atoms with Gasteiger partial charge in [0.2, 0.25) is 5.78 Å². The highest BCUT2D eigenvalue weighted by Crippen LogP contribution is 2.19. The molecular formula is C21H11ClFN5O2. The van der Waals surface area contributed by atoms with Crippen LogP contribution in [0.3, 0.4) is 0 Å². The van der Waals surface area contributed by atoms with E-state index in [0.29, 0.717) is 10.6 Å². The van der Waals surface area contributed by atoms with Crippen LogP contribution in [0.15, 0.2) is 58.1 Å². The monoisotopic (exact) mass is 419 g/mol. The van der Waals surface area contributed by atoms with Crippen molar-refractivity contribution < 1.29 is 4.39 Å². The molecule has 0 saturated heterocycles. The molecule has 30 heavy (non-hydrogen) atoms. The van der Waals surface area contributed by atoms with E-state index in [1.807, 2.05) is 0 Å². The number of halogens is 2. The number of aromatic nitrogens is 4. The van der Waals surface area contributed by atoms with Gasteiger partial charge in [-0.1, -0.05) is 29.8 Å². The lowest BCUT2D eigenvalue weighted by atomic mass is 10.1. The Hall–Kier alpha value is -4.09. The minimum atomic E-state index is -0.841. The van der Waals surface area contributed by atoms with Crippen molar-refractivity contribution in [1.82, 2.24) is 19.6 Å². The van der Waals surface area contributed by atoms with Crippen LogP contribution in [0, 0.1) is 17.1 Å². The number of nitrogens with zero attached hydrogens (tertiary/aromatic N) is 4. The first kappa shape index (κ1) is 19.2. The van der Waals surface area contributed by atoms with E-state index in [1.165, 1.54) is 30.3 Å². The van der Waals surface area contributed by atoms with Crippen LogP contribution in [0.25, 0.3) is 29.2 Å². The summed E-state index contributed by atoms with van der Waals surface area (Å²) in [6.45, 7) is 0. The molecule has 9 heteroatoms. The zero-order chi connectivity index (χ0) is 21.3. The van der Waals surface area contributed by atoms with Crippen molar-refractivity contribution in [2.24, 2.45) is 0 Å². The second-order valence-electron chi connectivity index (χ2n) is 6.22. The fraction of sp³-hybridized carbons (Fsp3) is 0. The summed E-state index contributed by atoms with van der Waals surface area (Å²) in [5, 5.41) is 16.6. The van der Waals surface area contributed by atoms with Crippen LogP contribution in [0.1, 0.15) is 16.8 Å². The molecule has 146 valence electrons. The van der Waals surface area contributed by atoms with Crippen LogP contribution < -0.4 is 11.1 Å². The van der Waals surface area contributed by atoms with Crippen molar-refractivity contribution in [1.29, 1.82) is 5.26 Å². The van der Waals surface area contributed by atoms with Crippen LogP contribution in [0.2, 0.25) is 5.02 Å². The zero-order valence-electron chi connectivity index (χ0n) is 15.1. The minimum absolute atomic E-state index is 0.0319. The summed E-state index contributed by atoms with van der Waals surface area (Å²) in [5.74, 6) is -0.603. The molecular weight excluding hydrogens is 409 g/mol. The van der Waals surface area contributed by atoms with Gasteiger partial charge in [0.15, 0.2) is 0 Å². The molecule has 0 bridgehead atoms. The largest absolute Gasteiger partial charge is 0.288 e. The van der Waals surface area contributed by atoms with Gasteiger partial charge in [0, 0.05) is 10.6 Å². The van der Waals surface area contributed by atoms with E-state index in [-0.39, 0.29) is 22.7 Å². The molecule has 2 heterocycles. The average Bonchev–Trinajstić information content (AvgIpc) is 2.74. The molecule has 4 rings (SSSR count). The number of fused-ring (bicyclic) bond motifs is 1. The number of nitrogens with one attached hydrogen (secondary N) is 1. The molecule has 0 aliphatic heterocycles. The van der Waals surface area contributed by atoms with Gasteiger partial charge in [0.1, 0.15) is 23.1 Å². The fourth-order valence-electron chi connectivity index (χ4n) is 2.83. The number of H-pyrrole nitrogens is 1. The van der Waals surface area contributed by atoms with Crippen LogP contribution in [0.5, 0.6) is 0 Å². The van der Waals surface area contributed by atoms with Crippen LogP contribution in [-0.4, -0.2) is 19.6 Å². The zero-order valence-corrected chi connectivity index (χ0v) is 15.9. The molecule has 0 amide bonds. The Morgan fingerprint density at radius 3 is 2.40 bits per heavy atom. The maximum absolute atomic E-state index is 13.2. The van der Waals surface area contributed by atoms with E-state index in [2.05, 4.69) is 15.2 Å². The van der Waals surface area contributed by atoms with E-state index < -0.39 is 16.9 Å². The van der Waals surface area contributed by atoms with Crippen molar-refractivity contribution in [2.75, 3.05) is 0 Å². The van der Waals surface area contributed by atoms with Gasteiger partial charge in [-0.3, -0.25) is 9.59 Å². The molecule has 0 saturated carbocycles. The maximum Gasteiger partial charge on any atom is 0.288 e. The normalized spacial score (nSPS) is 11.1. The predicted octanol–water partition coefficient (Wildman–Crippen LogP) is 3.28. The average molecular weight is 420 g/mol. The van der Waals surface area contributed by atoms with Gasteiger partial charge in [0.05, 0.1) is 5.69 Å². The highest BCUT2D eigenvalue weighted by molar-refractivity contribution is 6.30. The smallest absolute Gasteiger partial charge is 0.267 e. The summed E-state index contributed by atoms with van der Waals surface area (Å²) in [6, 6.07) is 13.8. The predicted molar refractivity (Wildman–Crippen MR) is 110 cm³/mol. The molecule has 2 aromatic heterocycles. The van der Waals surface area contributed by atoms with Crippen molar-refractivity contribution in [3.8, 4) is 17.3 Å². The minimum Gasteiger partial charge on any atom is -0.267 e. The van der Waals surface area contributed by atoms with Gasteiger partial charge in [-0.2, -0.15) is 10.4 Å². The van der Waals surface area contributed by atoms with E-state index >= 15 is 0 Å². The number of aromatic amines is 1. The van der Waals surface area contributed by atoms with E-state index in [9.17, 15) is 19.2 Å². The van der Waals surface area contributed by atoms with Crippen molar-refractivity contribution in [3.05, 3.63) is 96.9 Å². The molecule has 0 radical (unpaired) electrons. The lowest BCUT2D eigenvalue weighted by Gasteiger charge is -2.06. The SMILES string of the molecule is N#Cc1c(-c2ccc(F)cc2)nc2[nH]nc(/C=C/c3ccc(Cl)cc3)c(=O)n2c1=O. The number of rotatable bonds is 3. The van der Waals surface area contributed by atoms with E-state index in [0.717, 1.165) is 9.96 Å². The van der Waals surface area contributed by atoms with Gasteiger partial charge in [0.25, 0.3) is 11.1 Å². The lowest BCUT2D eigenvalue weighted by molar-refractivity contribution is 0.628. The van der Waals surface area contributed by atoms with Crippen LogP contribution in [-0.2, 0) is 0 Å². The topological polar surface area (TPSA) is 104 Å². The molecule has 4 aromatic rings. The quantitative estimate of drug-likeness (QED) is 0.548. The number of nitriles is 1. The first-order valence-electron chi connectivity index (χ1n) is 8.63. The Kier molecular flexibility index (Phi) is 4.96. The highest BCUT2D eigenvalue weighted by Gasteiger charge is 2.17. The number of hydrogen-bond donors (Lipinski definition) is 1. The second-order valence-corrected chi connectivity index (χ2v) is 6.65. The summed E-state index contributed by atoms with van der Waals surface area (Å²) in [7, 11) is 0. The first-order chi connectivity index (χ1) is 14.5. The summed E-state index contributed by atoms with van der Waals surface area (Å²) >= 11 is 5.85. The summed E-state index contributed by atoms with van der Waals surface area (Å²) < 4.78 is 14.0. The van der Waals surface area contributed by atoms with Gasteiger partial charge >= 0.3 is 0 Å². The third kappa shape index (κ3) is 3.50. The van der Waals surface area contributed by atoms with Crippen molar-refractivity contribution in [3.63, 3.8) is 0 Å². The first-order valence-corrected chi connectivity index (χ1v) is 9.01. The molecule has 0 atom stereocenters. The number of hydrogen-bond acceptors (Lipinski definition) is 5. The lowest BCUT2D eigenvalue weighted by Crippen LogP contribution is -2.32. The van der Waals surface area contributed by atoms with Crippen molar-refractivity contribution in [2.45, 2.75) is 0 Å². The standard InChI is InChI=1S/C21H11ClFN5O2/c22-14-6-1-12(2-7-14)3-10-17-20(30)28-19(29)16(11-24)18(25-21(28)27-26-17)13-4-8-15(23)9-5-13/h1-10H,(H,25,27)/b10-3+. The Morgan fingerprint density at radius 1 is 1.03 bits per heavy atom. The Bertz CT molecular complexity index is 1450. The van der Waals surface area contributed by atoms with Gasteiger partial charge in [-0.15, -0.1) is 0 Å². The Morgan fingerprint density at radius 2 is 1.73 bits per heavy atom. The summed E-state index contributed by atoms with van der Waals surface area (Å²) in [6.07, 6.45) is 3.07. The van der Waals surface area contributed by atoms with Gasteiger partial charge in [-0.25, -0.2) is 18.9 Å². The maximum atomic E-state index is 13.2. The van der Waals surface area contributed by atoms with Crippen molar-refractivity contribution >= 4 is 29.5 Å². The molecule has 0 aliphatic carbocycles. The van der Waals surface area contributed by atoms with Gasteiger partial charge < -0.3 is 0 Å².